The fourth-order valence-corrected chi connectivity index (χ4v) is 0.499. The molecule has 1 nitrogen and oxygen atoms in total. The van der Waals surface area contributed by atoms with E-state index in [9.17, 15) is 0 Å². The zero-order valence-electron chi connectivity index (χ0n) is 6.07. The van der Waals surface area contributed by atoms with E-state index in [1.165, 1.54) is 0 Å². The van der Waals surface area contributed by atoms with Gasteiger partial charge in [0.15, 0.2) is 0 Å². The van der Waals surface area contributed by atoms with Crippen LogP contribution in [0.2, 0.25) is 0 Å². The van der Waals surface area contributed by atoms with Gasteiger partial charge in [-0.3, -0.25) is 0 Å². The molecule has 0 aliphatic carbocycles. The molecule has 0 heterocycles. The van der Waals surface area contributed by atoms with Gasteiger partial charge in [-0.15, -0.1) is 0 Å². The summed E-state index contributed by atoms with van der Waals surface area (Å²) in [5.41, 5.74) is 2.03. The molecule has 0 atom stereocenters. The van der Waals surface area contributed by atoms with Gasteiger partial charge in [-0.25, -0.2) is 0 Å². The van der Waals surface area contributed by atoms with Crippen molar-refractivity contribution in [3.63, 3.8) is 0 Å². The van der Waals surface area contributed by atoms with Crippen molar-refractivity contribution in [2.24, 2.45) is 0 Å². The van der Waals surface area contributed by atoms with Gasteiger partial charge in [-0.1, -0.05) is 18.7 Å². The van der Waals surface area contributed by atoms with Crippen LogP contribution in [0.1, 0.15) is 6.92 Å². The molecule has 1 N–H and O–H groups in total. The number of hydrogen-bond donors (Lipinski definition) is 1. The summed E-state index contributed by atoms with van der Waals surface area (Å²) in [6.07, 6.45) is 3.70. The van der Waals surface area contributed by atoms with Crippen molar-refractivity contribution in [2.75, 3.05) is 7.05 Å². The van der Waals surface area contributed by atoms with Crippen molar-refractivity contribution >= 4 is 0 Å². The second kappa shape index (κ2) is 3.96. The van der Waals surface area contributed by atoms with E-state index in [2.05, 4.69) is 18.5 Å². The third-order valence-corrected chi connectivity index (χ3v) is 0.910. The summed E-state index contributed by atoms with van der Waals surface area (Å²) in [6.45, 7) is 9.28. The first-order valence-electron chi connectivity index (χ1n) is 2.88. The third kappa shape index (κ3) is 3.59. The molecule has 50 valence electrons. The monoisotopic (exact) mass is 123 g/mol. The van der Waals surface area contributed by atoms with Crippen LogP contribution in [0.25, 0.3) is 0 Å². The van der Waals surface area contributed by atoms with E-state index in [1.54, 1.807) is 6.08 Å². The van der Waals surface area contributed by atoms with Gasteiger partial charge in [0, 0.05) is 12.7 Å². The molecule has 0 amide bonds. The Morgan fingerprint density at radius 2 is 2.11 bits per heavy atom. The van der Waals surface area contributed by atoms with Crippen molar-refractivity contribution < 1.29 is 0 Å². The topological polar surface area (TPSA) is 12.0 Å². The van der Waals surface area contributed by atoms with Crippen LogP contribution < -0.4 is 5.32 Å². The summed E-state index contributed by atoms with van der Waals surface area (Å²) in [4.78, 5) is 0. The molecule has 0 aromatic heterocycles. The summed E-state index contributed by atoms with van der Waals surface area (Å²) < 4.78 is 0. The standard InChI is InChI=1S/C8H13N/c1-5-8(9-4)6-7(2)3/h5-6,9H,1-2H2,3-4H3. The predicted molar refractivity (Wildman–Crippen MR) is 42.2 cm³/mol. The van der Waals surface area contributed by atoms with Crippen LogP contribution >= 0.6 is 0 Å². The minimum atomic E-state index is 1.00. The molecule has 1 heteroatoms. The van der Waals surface area contributed by atoms with Gasteiger partial charge >= 0.3 is 0 Å². The van der Waals surface area contributed by atoms with Crippen LogP contribution in [-0.4, -0.2) is 7.05 Å². The number of nitrogens with one attached hydrogen (secondary N) is 1. The molecule has 0 unspecified atom stereocenters. The Bertz CT molecular complexity index is 143. The van der Waals surface area contributed by atoms with Crippen LogP contribution in [0.5, 0.6) is 0 Å². The van der Waals surface area contributed by atoms with E-state index >= 15 is 0 Å². The van der Waals surface area contributed by atoms with E-state index in [0.717, 1.165) is 11.3 Å². The lowest BCUT2D eigenvalue weighted by Gasteiger charge is -1.97. The molecule has 0 aromatic carbocycles. The largest absolute Gasteiger partial charge is 0.388 e. The maximum Gasteiger partial charge on any atom is 0.0334 e. The zero-order valence-corrected chi connectivity index (χ0v) is 6.07. The Morgan fingerprint density at radius 3 is 2.22 bits per heavy atom. The summed E-state index contributed by atoms with van der Waals surface area (Å²) >= 11 is 0. The Labute approximate surface area is 56.8 Å². The Balaban J connectivity index is 4.07. The van der Waals surface area contributed by atoms with E-state index in [0.29, 0.717) is 0 Å². The predicted octanol–water partition coefficient (Wildman–Crippen LogP) is 1.85. The van der Waals surface area contributed by atoms with E-state index in [4.69, 9.17) is 0 Å². The highest BCUT2D eigenvalue weighted by atomic mass is 14.8. The molecule has 0 aromatic rings. The van der Waals surface area contributed by atoms with Gasteiger partial charge in [0.05, 0.1) is 0 Å². The van der Waals surface area contributed by atoms with Crippen molar-refractivity contribution in [2.45, 2.75) is 6.92 Å². The molecule has 0 rings (SSSR count). The highest BCUT2D eigenvalue weighted by molar-refractivity contribution is 5.24. The highest BCUT2D eigenvalue weighted by Crippen LogP contribution is 1.95. The number of hydrogen-bond acceptors (Lipinski definition) is 1. The molecule has 0 spiro atoms. The second-order valence-corrected chi connectivity index (χ2v) is 1.90. The third-order valence-electron chi connectivity index (χ3n) is 0.910. The first-order valence-corrected chi connectivity index (χ1v) is 2.88. The van der Waals surface area contributed by atoms with Crippen molar-refractivity contribution in [3.05, 3.63) is 36.6 Å². The molecule has 0 bridgehead atoms. The Morgan fingerprint density at radius 1 is 1.56 bits per heavy atom. The first kappa shape index (κ1) is 8.02. The van der Waals surface area contributed by atoms with Gasteiger partial charge in [-0.05, 0) is 19.1 Å². The van der Waals surface area contributed by atoms with Crippen LogP contribution in [0, 0.1) is 0 Å². The first-order chi connectivity index (χ1) is 4.20. The smallest absolute Gasteiger partial charge is 0.0334 e. The Hall–Kier alpha value is -0.980. The summed E-state index contributed by atoms with van der Waals surface area (Å²) in [5.74, 6) is 0. The van der Waals surface area contributed by atoms with Gasteiger partial charge in [0.1, 0.15) is 0 Å². The maximum atomic E-state index is 3.73. The van der Waals surface area contributed by atoms with Crippen LogP contribution in [0.15, 0.2) is 36.6 Å². The lowest BCUT2D eigenvalue weighted by Crippen LogP contribution is -2.02. The zero-order chi connectivity index (χ0) is 7.28. The fourth-order valence-electron chi connectivity index (χ4n) is 0.499. The molecule has 0 fully saturated rings. The van der Waals surface area contributed by atoms with Gasteiger partial charge in [-0.2, -0.15) is 0 Å². The van der Waals surface area contributed by atoms with Crippen molar-refractivity contribution in [1.29, 1.82) is 0 Å². The molecule has 0 aliphatic heterocycles. The quantitative estimate of drug-likeness (QED) is 0.565. The normalized spacial score (nSPS) is 10.7. The minimum absolute atomic E-state index is 1.00. The molecule has 0 radical (unpaired) electrons. The average molecular weight is 123 g/mol. The summed E-state index contributed by atoms with van der Waals surface area (Å²) in [7, 11) is 1.86. The number of likely N-dealkylation sites (N-methyl/N-ethyl adjacent to an activating group) is 1. The van der Waals surface area contributed by atoms with E-state index < -0.39 is 0 Å². The molecular formula is C8H13N. The fraction of sp³-hybridized carbons (Fsp3) is 0.250. The SMILES string of the molecule is C=CC(=CC(=C)C)NC. The highest BCUT2D eigenvalue weighted by Gasteiger charge is 1.82. The van der Waals surface area contributed by atoms with Crippen LogP contribution in [-0.2, 0) is 0 Å². The minimum Gasteiger partial charge on any atom is -0.388 e. The molecule has 0 aliphatic rings. The number of allylic oxidation sites excluding steroid dienone is 3. The van der Waals surface area contributed by atoms with E-state index in [1.807, 2.05) is 20.0 Å². The number of rotatable bonds is 3. The van der Waals surface area contributed by atoms with Gasteiger partial charge in [0.2, 0.25) is 0 Å². The molecule has 0 saturated carbocycles. The lowest BCUT2D eigenvalue weighted by molar-refractivity contribution is 1.03. The maximum absolute atomic E-state index is 3.73. The molecular weight excluding hydrogens is 110 g/mol. The lowest BCUT2D eigenvalue weighted by atomic mass is 10.3. The average Bonchev–Trinajstić information content (AvgIpc) is 1.82. The molecule has 0 saturated heterocycles. The van der Waals surface area contributed by atoms with Gasteiger partial charge in [0.25, 0.3) is 0 Å². The van der Waals surface area contributed by atoms with Crippen LogP contribution in [0.4, 0.5) is 0 Å². The summed E-state index contributed by atoms with van der Waals surface area (Å²) in [5, 5.41) is 2.97. The second-order valence-electron chi connectivity index (χ2n) is 1.90. The van der Waals surface area contributed by atoms with Crippen molar-refractivity contribution in [1.82, 2.24) is 5.32 Å². The Kier molecular flexibility index (Phi) is 3.52. The van der Waals surface area contributed by atoms with Crippen LogP contribution in [0.3, 0.4) is 0 Å². The summed E-state index contributed by atoms with van der Waals surface area (Å²) in [6, 6.07) is 0. The van der Waals surface area contributed by atoms with E-state index in [-0.39, 0.29) is 0 Å². The molecule has 9 heavy (non-hydrogen) atoms. The van der Waals surface area contributed by atoms with Gasteiger partial charge < -0.3 is 5.32 Å². The van der Waals surface area contributed by atoms with Crippen molar-refractivity contribution in [3.8, 4) is 0 Å².